The van der Waals surface area contributed by atoms with Gasteiger partial charge in [-0.2, -0.15) is 0 Å². The second-order valence-electron chi connectivity index (χ2n) is 3.12. The number of halogens is 1. The van der Waals surface area contributed by atoms with E-state index in [2.05, 4.69) is 4.74 Å². The molecular formula is C11H9ClO3. The van der Waals surface area contributed by atoms with Crippen LogP contribution in [-0.4, -0.2) is 13.1 Å². The summed E-state index contributed by atoms with van der Waals surface area (Å²) in [6, 6.07) is 5.47. The molecule has 0 saturated heterocycles. The summed E-state index contributed by atoms with van der Waals surface area (Å²) >= 11 is 5.82. The van der Waals surface area contributed by atoms with Gasteiger partial charge in [-0.25, -0.2) is 0 Å². The number of rotatable bonds is 4. The zero-order valence-corrected chi connectivity index (χ0v) is 8.66. The minimum atomic E-state index is 0.362. The molecule has 0 atom stereocenters. The Morgan fingerprint density at radius 3 is 3.13 bits per heavy atom. The van der Waals surface area contributed by atoms with Crippen molar-refractivity contribution in [2.24, 2.45) is 0 Å². The normalized spacial score (nSPS) is 10.5. The molecule has 1 aromatic heterocycles. The van der Waals surface area contributed by atoms with Gasteiger partial charge < -0.3 is 9.15 Å². The highest BCUT2D eigenvalue weighted by Crippen LogP contribution is 2.24. The average Bonchev–Trinajstić information content (AvgIpc) is 2.61. The summed E-state index contributed by atoms with van der Waals surface area (Å²) in [5.41, 5.74) is 1.77. The number of furan rings is 1. The van der Waals surface area contributed by atoms with Crippen molar-refractivity contribution in [2.45, 2.75) is 6.42 Å². The number of benzene rings is 1. The molecule has 0 aliphatic rings. The molecule has 0 unspecified atom stereocenters. The molecule has 0 spiro atoms. The summed E-state index contributed by atoms with van der Waals surface area (Å²) in [5.74, 6) is 0. The Hall–Kier alpha value is -1.48. The number of carbonyl (C=O) groups excluding carboxylic acids is 1. The molecule has 0 saturated carbocycles. The fourth-order valence-electron chi connectivity index (χ4n) is 1.47. The highest BCUT2D eigenvalue weighted by molar-refractivity contribution is 6.31. The molecule has 2 rings (SSSR count). The zero-order valence-electron chi connectivity index (χ0n) is 7.90. The number of fused-ring (bicyclic) bond motifs is 1. The van der Waals surface area contributed by atoms with Crippen LogP contribution in [0.25, 0.3) is 11.0 Å². The average molecular weight is 225 g/mol. The Labute approximate surface area is 91.6 Å². The summed E-state index contributed by atoms with van der Waals surface area (Å²) in [7, 11) is 0. The Bertz CT molecular complexity index is 476. The van der Waals surface area contributed by atoms with Gasteiger partial charge >= 0.3 is 0 Å². The van der Waals surface area contributed by atoms with Crippen LogP contribution in [0, 0.1) is 0 Å². The number of hydrogen-bond acceptors (Lipinski definition) is 3. The van der Waals surface area contributed by atoms with Crippen molar-refractivity contribution in [2.75, 3.05) is 6.61 Å². The van der Waals surface area contributed by atoms with Crippen LogP contribution >= 0.6 is 11.6 Å². The number of ether oxygens (including phenoxy) is 1. The van der Waals surface area contributed by atoms with Gasteiger partial charge in [0.05, 0.1) is 12.9 Å². The largest absolute Gasteiger partial charge is 0.468 e. The van der Waals surface area contributed by atoms with E-state index in [0.717, 1.165) is 16.5 Å². The van der Waals surface area contributed by atoms with Gasteiger partial charge in [-0.3, -0.25) is 4.79 Å². The minimum absolute atomic E-state index is 0.362. The van der Waals surface area contributed by atoms with E-state index in [-0.39, 0.29) is 0 Å². The summed E-state index contributed by atoms with van der Waals surface area (Å²) < 4.78 is 9.96. The van der Waals surface area contributed by atoms with Gasteiger partial charge in [0, 0.05) is 22.4 Å². The van der Waals surface area contributed by atoms with Crippen LogP contribution in [0.4, 0.5) is 0 Å². The molecule has 1 heterocycles. The standard InChI is InChI=1S/C11H9ClO3/c12-9-1-2-10-8(3-4-14-7-13)6-15-11(10)5-9/h1-2,5-7H,3-4H2. The zero-order chi connectivity index (χ0) is 10.7. The van der Waals surface area contributed by atoms with E-state index in [9.17, 15) is 4.79 Å². The summed E-state index contributed by atoms with van der Waals surface area (Å²) in [6.45, 7) is 0.805. The molecule has 4 heteroatoms. The van der Waals surface area contributed by atoms with Crippen LogP contribution in [0.5, 0.6) is 0 Å². The van der Waals surface area contributed by atoms with E-state index >= 15 is 0 Å². The minimum Gasteiger partial charge on any atom is -0.468 e. The van der Waals surface area contributed by atoms with E-state index in [1.165, 1.54) is 0 Å². The molecule has 0 aliphatic carbocycles. The molecule has 1 aromatic carbocycles. The van der Waals surface area contributed by atoms with Gasteiger partial charge in [0.1, 0.15) is 5.58 Å². The molecule has 0 bridgehead atoms. The maximum absolute atomic E-state index is 9.98. The fraction of sp³-hybridized carbons (Fsp3) is 0.182. The Kier molecular flexibility index (Phi) is 2.92. The van der Waals surface area contributed by atoms with Gasteiger partial charge in [-0.15, -0.1) is 0 Å². The molecule has 0 fully saturated rings. The highest BCUT2D eigenvalue weighted by Gasteiger charge is 2.05. The number of carbonyl (C=O) groups is 1. The van der Waals surface area contributed by atoms with Crippen LogP contribution < -0.4 is 0 Å². The van der Waals surface area contributed by atoms with Crippen molar-refractivity contribution >= 4 is 29.0 Å². The lowest BCUT2D eigenvalue weighted by Crippen LogP contribution is -1.95. The summed E-state index contributed by atoms with van der Waals surface area (Å²) in [6.07, 6.45) is 2.31. The van der Waals surface area contributed by atoms with E-state index in [0.29, 0.717) is 24.5 Å². The topological polar surface area (TPSA) is 39.4 Å². The Balaban J connectivity index is 2.24. The van der Waals surface area contributed by atoms with Crippen molar-refractivity contribution in [3.8, 4) is 0 Å². The van der Waals surface area contributed by atoms with Crippen molar-refractivity contribution in [3.05, 3.63) is 35.0 Å². The molecule has 0 radical (unpaired) electrons. The van der Waals surface area contributed by atoms with Crippen molar-refractivity contribution < 1.29 is 13.9 Å². The maximum Gasteiger partial charge on any atom is 0.293 e. The third-order valence-corrected chi connectivity index (χ3v) is 2.41. The van der Waals surface area contributed by atoms with E-state index < -0.39 is 0 Å². The molecule has 3 nitrogen and oxygen atoms in total. The highest BCUT2D eigenvalue weighted by atomic mass is 35.5. The number of hydrogen-bond donors (Lipinski definition) is 0. The molecule has 0 N–H and O–H groups in total. The summed E-state index contributed by atoms with van der Waals surface area (Å²) in [4.78, 5) is 9.98. The van der Waals surface area contributed by atoms with Gasteiger partial charge in [0.25, 0.3) is 6.47 Å². The maximum atomic E-state index is 9.98. The molecule has 15 heavy (non-hydrogen) atoms. The first kappa shape index (κ1) is 10.1. The lowest BCUT2D eigenvalue weighted by molar-refractivity contribution is -0.128. The fourth-order valence-corrected chi connectivity index (χ4v) is 1.63. The van der Waals surface area contributed by atoms with Crippen LogP contribution in [0.15, 0.2) is 28.9 Å². The predicted molar refractivity (Wildman–Crippen MR) is 56.9 cm³/mol. The molecule has 78 valence electrons. The first-order valence-corrected chi connectivity index (χ1v) is 4.90. The smallest absolute Gasteiger partial charge is 0.293 e. The predicted octanol–water partition coefficient (Wildman–Crippen LogP) is 2.80. The van der Waals surface area contributed by atoms with Gasteiger partial charge in [-0.1, -0.05) is 11.6 Å². The SMILES string of the molecule is O=COCCc1coc2cc(Cl)ccc12. The Morgan fingerprint density at radius 2 is 2.33 bits per heavy atom. The summed E-state index contributed by atoms with van der Waals surface area (Å²) in [5, 5.41) is 1.65. The molecule has 0 aliphatic heterocycles. The van der Waals surface area contributed by atoms with Crippen LogP contribution in [0.1, 0.15) is 5.56 Å². The van der Waals surface area contributed by atoms with Gasteiger partial charge in [-0.05, 0) is 18.2 Å². The van der Waals surface area contributed by atoms with E-state index in [4.69, 9.17) is 16.0 Å². The van der Waals surface area contributed by atoms with Crippen molar-refractivity contribution in [3.63, 3.8) is 0 Å². The van der Waals surface area contributed by atoms with Crippen molar-refractivity contribution in [1.82, 2.24) is 0 Å². The van der Waals surface area contributed by atoms with E-state index in [1.54, 1.807) is 12.3 Å². The lowest BCUT2D eigenvalue weighted by Gasteiger charge is -1.96. The molecule has 2 aromatic rings. The van der Waals surface area contributed by atoms with Crippen molar-refractivity contribution in [1.29, 1.82) is 0 Å². The lowest BCUT2D eigenvalue weighted by atomic mass is 10.1. The van der Waals surface area contributed by atoms with Crippen LogP contribution in [0.2, 0.25) is 5.02 Å². The Morgan fingerprint density at radius 1 is 1.47 bits per heavy atom. The van der Waals surface area contributed by atoms with Crippen LogP contribution in [-0.2, 0) is 16.0 Å². The van der Waals surface area contributed by atoms with Gasteiger partial charge in [0.2, 0.25) is 0 Å². The second-order valence-corrected chi connectivity index (χ2v) is 3.55. The van der Waals surface area contributed by atoms with Gasteiger partial charge in [0.15, 0.2) is 0 Å². The molecule has 0 amide bonds. The quantitative estimate of drug-likeness (QED) is 0.592. The van der Waals surface area contributed by atoms with Crippen LogP contribution in [0.3, 0.4) is 0 Å². The third-order valence-electron chi connectivity index (χ3n) is 2.18. The molecular weight excluding hydrogens is 216 g/mol. The second kappa shape index (κ2) is 4.36. The monoisotopic (exact) mass is 224 g/mol. The first-order chi connectivity index (χ1) is 7.31. The van der Waals surface area contributed by atoms with E-state index in [1.807, 2.05) is 12.1 Å². The first-order valence-electron chi connectivity index (χ1n) is 4.52. The third kappa shape index (κ3) is 2.13.